The molecule has 0 saturated carbocycles. The molecule has 0 fully saturated rings. The zero-order valence-corrected chi connectivity index (χ0v) is 16.2. The number of carbonyl (C=O) groups excluding carboxylic acids is 2. The number of benzene rings is 3. The first kappa shape index (κ1) is 19.5. The van der Waals surface area contributed by atoms with E-state index in [2.05, 4.69) is 16.2 Å². The Kier molecular flexibility index (Phi) is 6.37. The lowest BCUT2D eigenvalue weighted by Crippen LogP contribution is -2.48. The van der Waals surface area contributed by atoms with Crippen molar-refractivity contribution >= 4 is 40.7 Å². The number of hydrogen-bond acceptors (Lipinski definition) is 3. The van der Waals surface area contributed by atoms with Crippen LogP contribution in [0.15, 0.2) is 78.9 Å². The maximum absolute atomic E-state index is 12.2. The molecule has 28 heavy (non-hydrogen) atoms. The number of thiocarbonyl (C=S) groups is 1. The van der Waals surface area contributed by atoms with Gasteiger partial charge in [-0.15, -0.1) is 0 Å². The van der Waals surface area contributed by atoms with E-state index in [4.69, 9.17) is 23.8 Å². The van der Waals surface area contributed by atoms with Gasteiger partial charge in [0.05, 0.1) is 10.6 Å². The summed E-state index contributed by atoms with van der Waals surface area (Å²) in [5.41, 5.74) is 7.77. The molecule has 0 spiro atoms. The summed E-state index contributed by atoms with van der Waals surface area (Å²) in [6, 6.07) is 23.6. The fourth-order valence-electron chi connectivity index (χ4n) is 2.48. The monoisotopic (exact) mass is 409 g/mol. The SMILES string of the molecule is O=C(NNC(=S)NC(=O)c1ccccc1Cl)c1ccc(-c2ccccc2)cc1. The van der Waals surface area contributed by atoms with E-state index in [1.165, 1.54) is 0 Å². The van der Waals surface area contributed by atoms with Gasteiger partial charge in [0.2, 0.25) is 0 Å². The molecule has 0 aliphatic heterocycles. The number of nitrogens with one attached hydrogen (secondary N) is 3. The third-order valence-corrected chi connectivity index (χ3v) is 4.42. The maximum Gasteiger partial charge on any atom is 0.269 e. The molecule has 5 nitrogen and oxygen atoms in total. The van der Waals surface area contributed by atoms with Crippen LogP contribution in [0.4, 0.5) is 0 Å². The fourth-order valence-corrected chi connectivity index (χ4v) is 2.84. The molecular formula is C21H16ClN3O2S. The quantitative estimate of drug-likeness (QED) is 0.452. The van der Waals surface area contributed by atoms with Crippen LogP contribution < -0.4 is 16.2 Å². The number of hydrogen-bond donors (Lipinski definition) is 3. The highest BCUT2D eigenvalue weighted by Gasteiger charge is 2.12. The molecule has 0 aliphatic carbocycles. The third kappa shape index (κ3) is 4.94. The summed E-state index contributed by atoms with van der Waals surface area (Å²) < 4.78 is 0. The number of hydrazine groups is 1. The topological polar surface area (TPSA) is 70.2 Å². The van der Waals surface area contributed by atoms with Crippen LogP contribution in [0.3, 0.4) is 0 Å². The molecule has 2 amide bonds. The molecule has 0 radical (unpaired) electrons. The van der Waals surface area contributed by atoms with Crippen molar-refractivity contribution in [3.8, 4) is 11.1 Å². The van der Waals surface area contributed by atoms with Gasteiger partial charge in [-0.1, -0.05) is 66.2 Å². The van der Waals surface area contributed by atoms with Crippen molar-refractivity contribution in [1.82, 2.24) is 16.2 Å². The summed E-state index contributed by atoms with van der Waals surface area (Å²) in [6.07, 6.45) is 0. The smallest absolute Gasteiger partial charge is 0.269 e. The first-order valence-corrected chi connectivity index (χ1v) is 9.15. The van der Waals surface area contributed by atoms with Crippen molar-refractivity contribution in [3.05, 3.63) is 95.0 Å². The summed E-state index contributed by atoms with van der Waals surface area (Å²) in [6.45, 7) is 0. The lowest BCUT2D eigenvalue weighted by atomic mass is 10.0. The Balaban J connectivity index is 1.54. The lowest BCUT2D eigenvalue weighted by molar-refractivity contribution is 0.0934. The minimum atomic E-state index is -0.468. The molecule has 140 valence electrons. The molecule has 0 atom stereocenters. The highest BCUT2D eigenvalue weighted by Crippen LogP contribution is 2.19. The van der Waals surface area contributed by atoms with E-state index in [1.54, 1.807) is 36.4 Å². The predicted octanol–water partition coefficient (Wildman–Crippen LogP) is 3.96. The average Bonchev–Trinajstić information content (AvgIpc) is 2.73. The number of rotatable bonds is 3. The zero-order chi connectivity index (χ0) is 19.9. The van der Waals surface area contributed by atoms with Gasteiger partial charge >= 0.3 is 0 Å². The first-order valence-electron chi connectivity index (χ1n) is 8.36. The Hall–Kier alpha value is -3.22. The highest BCUT2D eigenvalue weighted by molar-refractivity contribution is 7.80. The maximum atomic E-state index is 12.2. The Bertz CT molecular complexity index is 1010. The molecule has 0 bridgehead atoms. The van der Waals surface area contributed by atoms with Gasteiger partial charge in [-0.25, -0.2) is 0 Å². The second kappa shape index (κ2) is 9.12. The van der Waals surface area contributed by atoms with Gasteiger partial charge in [0.15, 0.2) is 5.11 Å². The molecule has 0 heterocycles. The van der Waals surface area contributed by atoms with Crippen LogP contribution in [-0.4, -0.2) is 16.9 Å². The fraction of sp³-hybridized carbons (Fsp3) is 0. The normalized spacial score (nSPS) is 10.0. The van der Waals surface area contributed by atoms with Gasteiger partial charge in [-0.2, -0.15) is 0 Å². The van der Waals surface area contributed by atoms with Crippen molar-refractivity contribution in [2.75, 3.05) is 0 Å². The Morgan fingerprint density at radius 3 is 2.00 bits per heavy atom. The Morgan fingerprint density at radius 1 is 0.714 bits per heavy atom. The largest absolute Gasteiger partial charge is 0.298 e. The molecule has 0 aromatic heterocycles. The van der Waals surface area contributed by atoms with E-state index in [9.17, 15) is 9.59 Å². The Labute approximate surface area is 172 Å². The van der Waals surface area contributed by atoms with E-state index >= 15 is 0 Å². The van der Waals surface area contributed by atoms with Crippen molar-refractivity contribution in [2.45, 2.75) is 0 Å². The van der Waals surface area contributed by atoms with Crippen molar-refractivity contribution in [3.63, 3.8) is 0 Å². The third-order valence-electron chi connectivity index (χ3n) is 3.89. The summed E-state index contributed by atoms with van der Waals surface area (Å²) in [5.74, 6) is -0.849. The van der Waals surface area contributed by atoms with Crippen LogP contribution in [0, 0.1) is 0 Å². The van der Waals surface area contributed by atoms with Crippen LogP contribution in [-0.2, 0) is 0 Å². The molecule has 3 aromatic rings. The van der Waals surface area contributed by atoms with Gasteiger partial charge in [-0.3, -0.25) is 25.8 Å². The predicted molar refractivity (Wildman–Crippen MR) is 114 cm³/mol. The van der Waals surface area contributed by atoms with Crippen LogP contribution >= 0.6 is 23.8 Å². The number of halogens is 1. The van der Waals surface area contributed by atoms with E-state index in [-0.39, 0.29) is 16.6 Å². The Morgan fingerprint density at radius 2 is 1.32 bits per heavy atom. The molecule has 0 aliphatic rings. The van der Waals surface area contributed by atoms with Crippen molar-refractivity contribution in [2.24, 2.45) is 0 Å². The zero-order valence-electron chi connectivity index (χ0n) is 14.6. The van der Waals surface area contributed by atoms with Crippen LogP contribution in [0.25, 0.3) is 11.1 Å². The summed E-state index contributed by atoms with van der Waals surface area (Å²) in [4.78, 5) is 24.4. The van der Waals surface area contributed by atoms with E-state index in [0.29, 0.717) is 10.6 Å². The molecule has 0 saturated heterocycles. The van der Waals surface area contributed by atoms with Gasteiger partial charge in [0.1, 0.15) is 0 Å². The minimum Gasteiger partial charge on any atom is -0.298 e. The van der Waals surface area contributed by atoms with E-state index in [0.717, 1.165) is 11.1 Å². The molecule has 0 unspecified atom stereocenters. The van der Waals surface area contributed by atoms with E-state index < -0.39 is 5.91 Å². The van der Waals surface area contributed by atoms with Gasteiger partial charge in [0.25, 0.3) is 11.8 Å². The number of carbonyl (C=O) groups is 2. The first-order chi connectivity index (χ1) is 13.5. The van der Waals surface area contributed by atoms with Gasteiger partial charge < -0.3 is 0 Å². The van der Waals surface area contributed by atoms with Crippen LogP contribution in [0.2, 0.25) is 5.02 Å². The lowest BCUT2D eigenvalue weighted by Gasteiger charge is -2.11. The molecular weight excluding hydrogens is 394 g/mol. The van der Waals surface area contributed by atoms with Gasteiger partial charge in [0, 0.05) is 5.56 Å². The van der Waals surface area contributed by atoms with Crippen LogP contribution in [0.1, 0.15) is 20.7 Å². The van der Waals surface area contributed by atoms with Gasteiger partial charge in [-0.05, 0) is 47.6 Å². The molecule has 3 N–H and O–H groups in total. The summed E-state index contributed by atoms with van der Waals surface area (Å²) in [7, 11) is 0. The number of amides is 2. The summed E-state index contributed by atoms with van der Waals surface area (Å²) >= 11 is 11.0. The van der Waals surface area contributed by atoms with Crippen molar-refractivity contribution < 1.29 is 9.59 Å². The van der Waals surface area contributed by atoms with Crippen molar-refractivity contribution in [1.29, 1.82) is 0 Å². The molecule has 3 rings (SSSR count). The molecule has 3 aromatic carbocycles. The summed E-state index contributed by atoms with van der Waals surface area (Å²) in [5, 5.41) is 2.72. The van der Waals surface area contributed by atoms with E-state index in [1.807, 2.05) is 42.5 Å². The van der Waals surface area contributed by atoms with Crippen LogP contribution in [0.5, 0.6) is 0 Å². The average molecular weight is 410 g/mol. The highest BCUT2D eigenvalue weighted by atomic mass is 35.5. The molecule has 7 heteroatoms. The standard InChI is InChI=1S/C21H16ClN3O2S/c22-18-9-5-4-8-17(18)20(27)23-21(28)25-24-19(26)16-12-10-15(11-13-16)14-6-2-1-3-7-14/h1-13H,(H,24,26)(H2,23,25,27,28). The second-order valence-electron chi connectivity index (χ2n) is 5.79. The second-order valence-corrected chi connectivity index (χ2v) is 6.60. The minimum absolute atomic E-state index is 0.0424.